The van der Waals surface area contributed by atoms with Crippen LogP contribution in [0.25, 0.3) is 11.0 Å². The molecule has 20 heavy (non-hydrogen) atoms. The molecule has 1 aromatic carbocycles. The first kappa shape index (κ1) is 13.2. The Morgan fingerprint density at radius 3 is 2.70 bits per heavy atom. The van der Waals surface area contributed by atoms with E-state index in [9.17, 15) is 0 Å². The van der Waals surface area contributed by atoms with Crippen molar-refractivity contribution in [1.82, 2.24) is 20.1 Å². The fourth-order valence-corrected chi connectivity index (χ4v) is 2.48. The van der Waals surface area contributed by atoms with Crippen LogP contribution in [0.2, 0.25) is 0 Å². The number of H-pyrrole nitrogens is 1. The number of nitrogens with zero attached hydrogens (tertiary/aromatic N) is 3. The van der Waals surface area contributed by atoms with Gasteiger partial charge in [-0.3, -0.25) is 0 Å². The van der Waals surface area contributed by atoms with Gasteiger partial charge in [-0.05, 0) is 12.1 Å². The molecule has 3 aromatic rings. The summed E-state index contributed by atoms with van der Waals surface area (Å²) in [5.41, 5.74) is 1.90. The second kappa shape index (κ2) is 4.94. The summed E-state index contributed by atoms with van der Waals surface area (Å²) >= 11 is 1.57. The van der Waals surface area contributed by atoms with Crippen molar-refractivity contribution in [3.8, 4) is 0 Å². The van der Waals surface area contributed by atoms with Crippen LogP contribution in [0.15, 0.2) is 33.9 Å². The number of hydrogen-bond donors (Lipinski definition) is 1. The zero-order chi connectivity index (χ0) is 14.2. The predicted molar refractivity (Wildman–Crippen MR) is 78.7 cm³/mol. The van der Waals surface area contributed by atoms with Crippen LogP contribution in [0.5, 0.6) is 0 Å². The van der Waals surface area contributed by atoms with Crippen LogP contribution in [0.4, 0.5) is 0 Å². The van der Waals surface area contributed by atoms with Gasteiger partial charge in [0, 0.05) is 5.41 Å². The minimum Gasteiger partial charge on any atom is -0.339 e. The van der Waals surface area contributed by atoms with Crippen molar-refractivity contribution in [2.24, 2.45) is 0 Å². The van der Waals surface area contributed by atoms with Crippen LogP contribution in [-0.4, -0.2) is 20.1 Å². The molecule has 0 amide bonds. The number of thioether (sulfide) groups is 1. The summed E-state index contributed by atoms with van der Waals surface area (Å²) in [6, 6.07) is 7.97. The van der Waals surface area contributed by atoms with Gasteiger partial charge in [0.15, 0.2) is 11.0 Å². The molecule has 0 unspecified atom stereocenters. The van der Waals surface area contributed by atoms with Crippen molar-refractivity contribution in [2.75, 3.05) is 0 Å². The Labute approximate surface area is 121 Å². The first-order chi connectivity index (χ1) is 9.52. The molecule has 0 saturated heterocycles. The molecule has 1 N–H and O–H groups in total. The Morgan fingerprint density at radius 1 is 1.20 bits per heavy atom. The van der Waals surface area contributed by atoms with Crippen molar-refractivity contribution in [3.63, 3.8) is 0 Å². The summed E-state index contributed by atoms with van der Waals surface area (Å²) in [7, 11) is 0. The van der Waals surface area contributed by atoms with E-state index < -0.39 is 0 Å². The molecule has 0 spiro atoms. The number of nitrogens with one attached hydrogen (secondary N) is 1. The number of benzene rings is 1. The number of para-hydroxylation sites is 2. The zero-order valence-electron chi connectivity index (χ0n) is 11.7. The van der Waals surface area contributed by atoms with E-state index in [1.165, 1.54) is 0 Å². The third kappa shape index (κ3) is 2.70. The second-order valence-corrected chi connectivity index (χ2v) is 6.58. The van der Waals surface area contributed by atoms with E-state index in [0.717, 1.165) is 16.2 Å². The number of aromatic amines is 1. The Hall–Kier alpha value is -1.82. The van der Waals surface area contributed by atoms with Crippen molar-refractivity contribution in [1.29, 1.82) is 0 Å². The Kier molecular flexibility index (Phi) is 3.25. The topological polar surface area (TPSA) is 67.6 Å². The molecule has 2 aromatic heterocycles. The monoisotopic (exact) mass is 288 g/mol. The van der Waals surface area contributed by atoms with Crippen molar-refractivity contribution in [3.05, 3.63) is 36.0 Å². The third-order valence-electron chi connectivity index (χ3n) is 2.82. The van der Waals surface area contributed by atoms with Gasteiger partial charge >= 0.3 is 0 Å². The van der Waals surface area contributed by atoms with Gasteiger partial charge in [0.1, 0.15) is 0 Å². The van der Waals surface area contributed by atoms with Crippen molar-refractivity contribution in [2.45, 2.75) is 37.1 Å². The van der Waals surface area contributed by atoms with Crippen LogP contribution >= 0.6 is 11.8 Å². The number of imidazole rings is 1. The standard InChI is InChI=1S/C14H16N4OS/c1-14(2,3)12-17-11(18-19-12)8-20-13-15-9-6-4-5-7-10(9)16-13/h4-7H,8H2,1-3H3,(H,15,16). The molecule has 0 fully saturated rings. The summed E-state index contributed by atoms with van der Waals surface area (Å²) in [5.74, 6) is 2.00. The zero-order valence-corrected chi connectivity index (χ0v) is 12.5. The SMILES string of the molecule is CC(C)(C)c1nc(CSc2nc3ccccc3[nH]2)no1. The highest BCUT2D eigenvalue weighted by Gasteiger charge is 2.21. The smallest absolute Gasteiger partial charge is 0.232 e. The first-order valence-electron chi connectivity index (χ1n) is 6.43. The number of hydrogen-bond acceptors (Lipinski definition) is 5. The van der Waals surface area contributed by atoms with Gasteiger partial charge in [0.2, 0.25) is 5.89 Å². The van der Waals surface area contributed by atoms with Gasteiger partial charge in [0.25, 0.3) is 0 Å². The highest BCUT2D eigenvalue weighted by Crippen LogP contribution is 2.24. The number of rotatable bonds is 3. The fraction of sp³-hybridized carbons (Fsp3) is 0.357. The summed E-state index contributed by atoms with van der Waals surface area (Å²) in [5, 5.41) is 4.87. The van der Waals surface area contributed by atoms with E-state index in [1.807, 2.05) is 24.3 Å². The molecular formula is C14H16N4OS. The minimum absolute atomic E-state index is 0.116. The van der Waals surface area contributed by atoms with Gasteiger partial charge in [-0.1, -0.05) is 49.8 Å². The number of fused-ring (bicyclic) bond motifs is 1. The molecule has 5 nitrogen and oxygen atoms in total. The van der Waals surface area contributed by atoms with E-state index in [4.69, 9.17) is 4.52 Å². The largest absolute Gasteiger partial charge is 0.339 e. The van der Waals surface area contributed by atoms with Crippen LogP contribution < -0.4 is 0 Å². The van der Waals surface area contributed by atoms with E-state index in [1.54, 1.807) is 11.8 Å². The predicted octanol–water partition coefficient (Wildman–Crippen LogP) is 3.54. The first-order valence-corrected chi connectivity index (χ1v) is 7.41. The van der Waals surface area contributed by atoms with E-state index >= 15 is 0 Å². The molecule has 0 saturated carbocycles. The maximum atomic E-state index is 5.27. The molecule has 3 rings (SSSR count). The molecule has 0 aliphatic carbocycles. The fourth-order valence-electron chi connectivity index (χ4n) is 1.75. The normalized spacial score (nSPS) is 12.2. The lowest BCUT2D eigenvalue weighted by atomic mass is 9.97. The van der Waals surface area contributed by atoms with Crippen molar-refractivity contribution >= 4 is 22.8 Å². The molecule has 104 valence electrons. The van der Waals surface area contributed by atoms with Crippen LogP contribution in [0, 0.1) is 0 Å². The lowest BCUT2D eigenvalue weighted by Gasteiger charge is -2.10. The summed E-state index contributed by atoms with van der Waals surface area (Å²) in [6.45, 7) is 6.16. The molecule has 6 heteroatoms. The Morgan fingerprint density at radius 2 is 2.00 bits per heavy atom. The third-order valence-corrected chi connectivity index (χ3v) is 3.68. The Bertz CT molecular complexity index is 693. The average Bonchev–Trinajstić information content (AvgIpc) is 3.02. The van der Waals surface area contributed by atoms with Crippen molar-refractivity contribution < 1.29 is 4.52 Å². The molecule has 0 aliphatic heterocycles. The van der Waals surface area contributed by atoms with Crippen LogP contribution in [-0.2, 0) is 11.2 Å². The average molecular weight is 288 g/mol. The van der Waals surface area contributed by atoms with E-state index in [0.29, 0.717) is 17.5 Å². The lowest BCUT2D eigenvalue weighted by Crippen LogP contribution is -2.11. The molecular weight excluding hydrogens is 272 g/mol. The van der Waals surface area contributed by atoms with Gasteiger partial charge in [-0.15, -0.1) is 0 Å². The van der Waals surface area contributed by atoms with E-state index in [-0.39, 0.29) is 5.41 Å². The summed E-state index contributed by atoms with van der Waals surface area (Å²) in [6.07, 6.45) is 0. The van der Waals surface area contributed by atoms with Gasteiger partial charge in [-0.2, -0.15) is 4.98 Å². The molecule has 0 radical (unpaired) electrons. The highest BCUT2D eigenvalue weighted by molar-refractivity contribution is 7.98. The van der Waals surface area contributed by atoms with Crippen LogP contribution in [0.3, 0.4) is 0 Å². The maximum Gasteiger partial charge on any atom is 0.232 e. The quantitative estimate of drug-likeness (QED) is 0.747. The van der Waals surface area contributed by atoms with Gasteiger partial charge in [0.05, 0.1) is 16.8 Å². The molecule has 0 bridgehead atoms. The van der Waals surface area contributed by atoms with Crippen LogP contribution in [0.1, 0.15) is 32.5 Å². The van der Waals surface area contributed by atoms with Gasteiger partial charge < -0.3 is 9.51 Å². The molecule has 0 aliphatic rings. The molecule has 0 atom stereocenters. The summed E-state index contributed by atoms with van der Waals surface area (Å²) in [4.78, 5) is 12.2. The second-order valence-electron chi connectivity index (χ2n) is 5.61. The molecule has 2 heterocycles. The van der Waals surface area contributed by atoms with E-state index in [2.05, 4.69) is 40.9 Å². The minimum atomic E-state index is -0.116. The maximum absolute atomic E-state index is 5.27. The lowest BCUT2D eigenvalue weighted by molar-refractivity contribution is 0.319. The summed E-state index contributed by atoms with van der Waals surface area (Å²) < 4.78 is 5.27. The highest BCUT2D eigenvalue weighted by atomic mass is 32.2. The number of aromatic nitrogens is 4. The van der Waals surface area contributed by atoms with Gasteiger partial charge in [-0.25, -0.2) is 4.98 Å². The Balaban J connectivity index is 1.71.